The molecule has 1 fully saturated rings. The second kappa shape index (κ2) is 7.81. The first-order valence-electron chi connectivity index (χ1n) is 8.26. The SMILES string of the molecule is CN(C)Cc1cc([C@@H]2CCCN2C(=O)CNS(=O)(=O)N(C)C)nn1C. The molecule has 1 N–H and O–H groups in total. The fourth-order valence-corrected chi connectivity index (χ4v) is 3.49. The van der Waals surface area contributed by atoms with Gasteiger partial charge in [0.1, 0.15) is 0 Å². The zero-order valence-corrected chi connectivity index (χ0v) is 16.4. The van der Waals surface area contributed by atoms with Crippen LogP contribution in [0.3, 0.4) is 0 Å². The number of nitrogens with zero attached hydrogens (tertiary/aromatic N) is 5. The highest BCUT2D eigenvalue weighted by atomic mass is 32.2. The molecule has 0 spiro atoms. The van der Waals surface area contributed by atoms with Crippen LogP contribution in [0.15, 0.2) is 6.07 Å². The lowest BCUT2D eigenvalue weighted by Gasteiger charge is -2.24. The van der Waals surface area contributed by atoms with E-state index in [2.05, 4.69) is 14.7 Å². The van der Waals surface area contributed by atoms with E-state index in [0.29, 0.717) is 6.54 Å². The van der Waals surface area contributed by atoms with Crippen LogP contribution in [-0.4, -0.2) is 79.5 Å². The van der Waals surface area contributed by atoms with Crippen LogP contribution in [0.1, 0.15) is 30.3 Å². The summed E-state index contributed by atoms with van der Waals surface area (Å²) in [6, 6.07) is 1.93. The summed E-state index contributed by atoms with van der Waals surface area (Å²) < 4.78 is 28.8. The number of nitrogens with one attached hydrogen (secondary N) is 1. The topological polar surface area (TPSA) is 90.8 Å². The van der Waals surface area contributed by atoms with E-state index in [1.54, 1.807) is 4.90 Å². The van der Waals surface area contributed by atoms with Gasteiger partial charge in [0.05, 0.1) is 24.0 Å². The first-order valence-corrected chi connectivity index (χ1v) is 9.70. The Morgan fingerprint density at radius 2 is 2.04 bits per heavy atom. The van der Waals surface area contributed by atoms with Gasteiger partial charge in [-0.15, -0.1) is 0 Å². The van der Waals surface area contributed by atoms with Crippen LogP contribution in [0, 0.1) is 0 Å². The molecule has 0 saturated carbocycles. The van der Waals surface area contributed by atoms with Gasteiger partial charge in [-0.05, 0) is 33.0 Å². The number of carbonyl (C=O) groups is 1. The van der Waals surface area contributed by atoms with E-state index < -0.39 is 10.2 Å². The van der Waals surface area contributed by atoms with Gasteiger partial charge in [-0.25, -0.2) is 0 Å². The van der Waals surface area contributed by atoms with Crippen LogP contribution in [-0.2, 0) is 28.6 Å². The predicted octanol–water partition coefficient (Wildman–Crippen LogP) is -0.459. The summed E-state index contributed by atoms with van der Waals surface area (Å²) in [5.41, 5.74) is 1.94. The van der Waals surface area contributed by atoms with Crippen LogP contribution < -0.4 is 4.72 Å². The Labute approximate surface area is 149 Å². The van der Waals surface area contributed by atoms with Gasteiger partial charge in [-0.3, -0.25) is 9.48 Å². The molecule has 0 unspecified atom stereocenters. The second-order valence-electron chi connectivity index (χ2n) is 6.78. The number of rotatable bonds is 7. The van der Waals surface area contributed by atoms with Crippen molar-refractivity contribution in [1.82, 2.24) is 28.6 Å². The van der Waals surface area contributed by atoms with Crippen LogP contribution >= 0.6 is 0 Å². The molecule has 1 atom stereocenters. The lowest BCUT2D eigenvalue weighted by atomic mass is 10.1. The summed E-state index contributed by atoms with van der Waals surface area (Å²) in [5, 5.41) is 4.56. The largest absolute Gasteiger partial charge is 0.333 e. The van der Waals surface area contributed by atoms with Crippen LogP contribution in [0.25, 0.3) is 0 Å². The Bertz CT molecular complexity index is 713. The smallest absolute Gasteiger partial charge is 0.279 e. The highest BCUT2D eigenvalue weighted by molar-refractivity contribution is 7.87. The van der Waals surface area contributed by atoms with Crippen molar-refractivity contribution in [1.29, 1.82) is 0 Å². The number of hydrogen-bond acceptors (Lipinski definition) is 5. The second-order valence-corrected chi connectivity index (χ2v) is 8.74. The number of aryl methyl sites for hydroxylation is 1. The number of likely N-dealkylation sites (tertiary alicyclic amines) is 1. The van der Waals surface area contributed by atoms with Gasteiger partial charge in [-0.2, -0.15) is 22.5 Å². The van der Waals surface area contributed by atoms with Gasteiger partial charge in [-0.1, -0.05) is 0 Å². The predicted molar refractivity (Wildman–Crippen MR) is 94.9 cm³/mol. The maximum Gasteiger partial charge on any atom is 0.279 e. The molecule has 0 bridgehead atoms. The number of carbonyl (C=O) groups excluding carboxylic acids is 1. The summed E-state index contributed by atoms with van der Waals surface area (Å²) in [5.74, 6) is -0.229. The van der Waals surface area contributed by atoms with Gasteiger partial charge in [0.15, 0.2) is 0 Å². The molecule has 0 aromatic carbocycles. The van der Waals surface area contributed by atoms with E-state index in [4.69, 9.17) is 0 Å². The van der Waals surface area contributed by atoms with E-state index in [-0.39, 0.29) is 18.5 Å². The Hall–Kier alpha value is -1.49. The molecule has 1 saturated heterocycles. The standard InChI is InChI=1S/C15H28N6O3S/c1-18(2)11-12-9-13(17-20(12)5)14-7-6-8-21(14)15(22)10-16-25(23,24)19(3)4/h9,14,16H,6-8,10-11H2,1-5H3/t14-/m0/s1. The minimum atomic E-state index is -3.61. The molecule has 2 heterocycles. The zero-order chi connectivity index (χ0) is 18.8. The van der Waals surface area contributed by atoms with Crippen molar-refractivity contribution in [3.8, 4) is 0 Å². The first-order chi connectivity index (χ1) is 11.6. The Balaban J connectivity index is 2.08. The van der Waals surface area contributed by atoms with E-state index in [1.165, 1.54) is 14.1 Å². The average Bonchev–Trinajstić information content (AvgIpc) is 3.11. The number of amides is 1. The number of hydrogen-bond donors (Lipinski definition) is 1. The normalized spacial score (nSPS) is 18.5. The molecule has 1 aliphatic rings. The molecule has 25 heavy (non-hydrogen) atoms. The molecule has 1 amide bonds. The van der Waals surface area contributed by atoms with Gasteiger partial charge in [0.2, 0.25) is 5.91 Å². The molecule has 142 valence electrons. The van der Waals surface area contributed by atoms with E-state index in [0.717, 1.165) is 35.1 Å². The highest BCUT2D eigenvalue weighted by Crippen LogP contribution is 2.31. The van der Waals surface area contributed by atoms with Crippen LogP contribution in [0.5, 0.6) is 0 Å². The third kappa shape index (κ3) is 4.78. The Morgan fingerprint density at radius 3 is 2.64 bits per heavy atom. The van der Waals surface area contributed by atoms with Gasteiger partial charge < -0.3 is 9.80 Å². The summed E-state index contributed by atoms with van der Waals surface area (Å²) in [4.78, 5) is 16.3. The van der Waals surface area contributed by atoms with Gasteiger partial charge >= 0.3 is 0 Å². The lowest BCUT2D eigenvalue weighted by Crippen LogP contribution is -2.43. The van der Waals surface area contributed by atoms with Gasteiger partial charge in [0.25, 0.3) is 10.2 Å². The monoisotopic (exact) mass is 372 g/mol. The highest BCUT2D eigenvalue weighted by Gasteiger charge is 2.32. The van der Waals surface area contributed by atoms with Crippen molar-refractivity contribution in [3.63, 3.8) is 0 Å². The number of aromatic nitrogens is 2. The van der Waals surface area contributed by atoms with Crippen molar-refractivity contribution < 1.29 is 13.2 Å². The van der Waals surface area contributed by atoms with Crippen molar-refractivity contribution >= 4 is 16.1 Å². The Morgan fingerprint density at radius 1 is 1.36 bits per heavy atom. The lowest BCUT2D eigenvalue weighted by molar-refractivity contribution is -0.130. The zero-order valence-electron chi connectivity index (χ0n) is 15.6. The molecule has 1 aromatic rings. The van der Waals surface area contributed by atoms with Crippen LogP contribution in [0.2, 0.25) is 0 Å². The Kier molecular flexibility index (Phi) is 6.20. The minimum absolute atomic E-state index is 0.0986. The molecule has 0 radical (unpaired) electrons. The minimum Gasteiger partial charge on any atom is -0.333 e. The van der Waals surface area contributed by atoms with Gasteiger partial charge in [0, 0.05) is 34.2 Å². The first kappa shape index (κ1) is 19.8. The van der Waals surface area contributed by atoms with E-state index in [1.807, 2.05) is 31.9 Å². The summed E-state index contributed by atoms with van der Waals surface area (Å²) in [6.07, 6.45) is 1.72. The molecule has 9 nitrogen and oxygen atoms in total. The summed E-state index contributed by atoms with van der Waals surface area (Å²) in [7, 11) is 5.12. The summed E-state index contributed by atoms with van der Waals surface area (Å²) in [6.45, 7) is 1.15. The quantitative estimate of drug-likeness (QED) is 0.700. The maximum atomic E-state index is 12.5. The van der Waals surface area contributed by atoms with Crippen molar-refractivity contribution in [2.45, 2.75) is 25.4 Å². The molecular formula is C15H28N6O3S. The summed E-state index contributed by atoms with van der Waals surface area (Å²) >= 11 is 0. The fraction of sp³-hybridized carbons (Fsp3) is 0.733. The van der Waals surface area contributed by atoms with Crippen molar-refractivity contribution in [2.75, 3.05) is 41.3 Å². The van der Waals surface area contributed by atoms with E-state index >= 15 is 0 Å². The average molecular weight is 372 g/mol. The molecule has 2 rings (SSSR count). The molecular weight excluding hydrogens is 344 g/mol. The van der Waals surface area contributed by atoms with E-state index in [9.17, 15) is 13.2 Å². The molecule has 10 heteroatoms. The third-order valence-electron chi connectivity index (χ3n) is 4.27. The van der Waals surface area contributed by atoms with Crippen LogP contribution in [0.4, 0.5) is 0 Å². The van der Waals surface area contributed by atoms with Crippen molar-refractivity contribution in [3.05, 3.63) is 17.5 Å². The van der Waals surface area contributed by atoms with Crippen molar-refractivity contribution in [2.24, 2.45) is 7.05 Å². The fourth-order valence-electron chi connectivity index (χ4n) is 2.92. The maximum absolute atomic E-state index is 12.5. The molecule has 0 aliphatic carbocycles. The molecule has 1 aliphatic heterocycles. The molecule has 1 aromatic heterocycles. The third-order valence-corrected chi connectivity index (χ3v) is 5.75.